The van der Waals surface area contributed by atoms with Crippen molar-refractivity contribution in [2.45, 2.75) is 20.0 Å². The average Bonchev–Trinajstić information content (AvgIpc) is 2.83. The van der Waals surface area contributed by atoms with Crippen molar-refractivity contribution in [3.05, 3.63) is 40.9 Å². The fraction of sp³-hybridized carbons (Fsp3) is 0.250. The molecule has 2 N–H and O–H groups in total. The molecule has 1 heterocycles. The van der Waals surface area contributed by atoms with Crippen LogP contribution in [-0.4, -0.2) is 25.8 Å². The van der Waals surface area contributed by atoms with Gasteiger partial charge in [0.15, 0.2) is 5.82 Å². The summed E-state index contributed by atoms with van der Waals surface area (Å²) in [5, 5.41) is 20.4. The first kappa shape index (κ1) is 13.4. The van der Waals surface area contributed by atoms with E-state index in [4.69, 9.17) is 16.7 Å². The van der Waals surface area contributed by atoms with Gasteiger partial charge in [-0.15, -0.1) is 10.2 Å². The van der Waals surface area contributed by atoms with Gasteiger partial charge in [0, 0.05) is 11.6 Å². The SMILES string of the molecule is CCn1cnnc1CNc1cc(Cl)ccc1C(=O)O. The number of aryl methyl sites for hydroxylation is 1. The second-order valence-corrected chi connectivity index (χ2v) is 4.32. The normalized spacial score (nSPS) is 10.4. The van der Waals surface area contributed by atoms with Gasteiger partial charge < -0.3 is 15.0 Å². The summed E-state index contributed by atoms with van der Waals surface area (Å²) < 4.78 is 1.87. The Hall–Kier alpha value is -2.08. The summed E-state index contributed by atoms with van der Waals surface area (Å²) in [4.78, 5) is 11.1. The third-order valence-electron chi connectivity index (χ3n) is 2.69. The standard InChI is InChI=1S/C12H13ClN4O2/c1-2-17-7-15-16-11(17)6-14-10-5-8(13)3-4-9(10)12(18)19/h3-5,7,14H,2,6H2,1H3,(H,18,19). The third-order valence-corrected chi connectivity index (χ3v) is 2.92. The zero-order valence-corrected chi connectivity index (χ0v) is 11.1. The maximum Gasteiger partial charge on any atom is 0.337 e. The third kappa shape index (κ3) is 3.03. The first-order chi connectivity index (χ1) is 9.11. The van der Waals surface area contributed by atoms with Crippen LogP contribution < -0.4 is 5.32 Å². The molecule has 19 heavy (non-hydrogen) atoms. The van der Waals surface area contributed by atoms with Gasteiger partial charge in [-0.1, -0.05) is 11.6 Å². The lowest BCUT2D eigenvalue weighted by atomic mass is 10.2. The van der Waals surface area contributed by atoms with Gasteiger partial charge in [0.2, 0.25) is 0 Å². The number of aromatic nitrogens is 3. The minimum absolute atomic E-state index is 0.173. The maximum absolute atomic E-state index is 11.1. The Labute approximate surface area is 115 Å². The summed E-state index contributed by atoms with van der Waals surface area (Å²) in [5.74, 6) is -0.269. The highest BCUT2D eigenvalue weighted by Crippen LogP contribution is 2.21. The van der Waals surface area contributed by atoms with Gasteiger partial charge in [0.1, 0.15) is 6.33 Å². The van der Waals surface area contributed by atoms with Crippen molar-refractivity contribution >= 4 is 23.3 Å². The topological polar surface area (TPSA) is 80.0 Å². The molecule has 1 aromatic heterocycles. The van der Waals surface area contributed by atoms with E-state index < -0.39 is 5.97 Å². The quantitative estimate of drug-likeness (QED) is 0.878. The van der Waals surface area contributed by atoms with Crippen molar-refractivity contribution in [2.75, 3.05) is 5.32 Å². The lowest BCUT2D eigenvalue weighted by molar-refractivity contribution is 0.0698. The number of anilines is 1. The van der Waals surface area contributed by atoms with Crippen molar-refractivity contribution in [3.63, 3.8) is 0 Å². The molecular formula is C12H13ClN4O2. The highest BCUT2D eigenvalue weighted by Gasteiger charge is 2.11. The molecule has 0 aliphatic carbocycles. The van der Waals surface area contributed by atoms with Gasteiger partial charge in [-0.05, 0) is 25.1 Å². The Morgan fingerprint density at radius 1 is 1.53 bits per heavy atom. The van der Waals surface area contributed by atoms with Gasteiger partial charge in [-0.2, -0.15) is 0 Å². The van der Waals surface area contributed by atoms with E-state index in [1.54, 1.807) is 18.5 Å². The molecule has 0 aliphatic rings. The van der Waals surface area contributed by atoms with E-state index in [-0.39, 0.29) is 5.56 Å². The van der Waals surface area contributed by atoms with Crippen molar-refractivity contribution in [3.8, 4) is 0 Å². The Balaban J connectivity index is 2.19. The maximum atomic E-state index is 11.1. The van der Waals surface area contributed by atoms with Crippen LogP contribution >= 0.6 is 11.6 Å². The number of hydrogen-bond donors (Lipinski definition) is 2. The van der Waals surface area contributed by atoms with Crippen LogP contribution in [0.2, 0.25) is 5.02 Å². The average molecular weight is 281 g/mol. The Bertz CT molecular complexity index is 597. The number of carboxylic acids is 1. The minimum Gasteiger partial charge on any atom is -0.478 e. The second kappa shape index (κ2) is 5.71. The first-order valence-electron chi connectivity index (χ1n) is 5.75. The summed E-state index contributed by atoms with van der Waals surface area (Å²) >= 11 is 5.87. The van der Waals surface area contributed by atoms with Gasteiger partial charge in [-0.25, -0.2) is 4.79 Å². The molecule has 0 unspecified atom stereocenters. The fourth-order valence-electron chi connectivity index (χ4n) is 1.70. The number of rotatable bonds is 5. The fourth-order valence-corrected chi connectivity index (χ4v) is 1.88. The van der Waals surface area contributed by atoms with E-state index in [9.17, 15) is 4.79 Å². The Kier molecular flexibility index (Phi) is 4.01. The molecule has 0 fully saturated rings. The van der Waals surface area contributed by atoms with E-state index in [2.05, 4.69) is 15.5 Å². The van der Waals surface area contributed by atoms with E-state index >= 15 is 0 Å². The van der Waals surface area contributed by atoms with Crippen LogP contribution in [0.25, 0.3) is 0 Å². The van der Waals surface area contributed by atoms with E-state index in [0.717, 1.165) is 12.4 Å². The van der Waals surface area contributed by atoms with Gasteiger partial charge >= 0.3 is 5.97 Å². The summed E-state index contributed by atoms with van der Waals surface area (Å²) in [6.45, 7) is 3.12. The van der Waals surface area contributed by atoms with Gasteiger partial charge in [-0.3, -0.25) is 0 Å². The summed E-state index contributed by atoms with van der Waals surface area (Å²) in [5.41, 5.74) is 0.637. The monoisotopic (exact) mass is 280 g/mol. The van der Waals surface area contributed by atoms with Crippen molar-refractivity contribution in [2.24, 2.45) is 0 Å². The molecule has 0 radical (unpaired) electrons. The molecule has 2 rings (SSSR count). The highest BCUT2D eigenvalue weighted by atomic mass is 35.5. The molecule has 0 bridgehead atoms. The number of nitrogens with one attached hydrogen (secondary N) is 1. The molecule has 0 aliphatic heterocycles. The molecule has 1 aromatic carbocycles. The van der Waals surface area contributed by atoms with E-state index in [0.29, 0.717) is 17.3 Å². The van der Waals surface area contributed by atoms with Crippen LogP contribution in [-0.2, 0) is 13.1 Å². The lowest BCUT2D eigenvalue weighted by Crippen LogP contribution is -2.10. The van der Waals surface area contributed by atoms with Crippen molar-refractivity contribution in [1.29, 1.82) is 0 Å². The summed E-state index contributed by atoms with van der Waals surface area (Å²) in [6.07, 6.45) is 1.63. The lowest BCUT2D eigenvalue weighted by Gasteiger charge is -2.10. The predicted molar refractivity (Wildman–Crippen MR) is 71.4 cm³/mol. The molecule has 100 valence electrons. The van der Waals surface area contributed by atoms with Crippen LogP contribution in [0.1, 0.15) is 23.1 Å². The second-order valence-electron chi connectivity index (χ2n) is 3.88. The molecule has 2 aromatic rings. The minimum atomic E-state index is -1.00. The van der Waals surface area contributed by atoms with Crippen LogP contribution in [0, 0.1) is 0 Å². The highest BCUT2D eigenvalue weighted by molar-refractivity contribution is 6.31. The van der Waals surface area contributed by atoms with E-state index in [1.165, 1.54) is 6.07 Å². The number of benzene rings is 1. The van der Waals surface area contributed by atoms with Crippen molar-refractivity contribution in [1.82, 2.24) is 14.8 Å². The molecule has 6 nitrogen and oxygen atoms in total. The van der Waals surface area contributed by atoms with Crippen LogP contribution in [0.3, 0.4) is 0 Å². The molecule has 0 amide bonds. The smallest absolute Gasteiger partial charge is 0.337 e. The Morgan fingerprint density at radius 2 is 2.32 bits per heavy atom. The summed E-state index contributed by atoms with van der Waals surface area (Å²) in [7, 11) is 0. The number of halogens is 1. The number of carbonyl (C=O) groups is 1. The predicted octanol–water partition coefficient (Wildman–Crippen LogP) is 2.26. The molecule has 0 atom stereocenters. The first-order valence-corrected chi connectivity index (χ1v) is 6.13. The molecule has 0 saturated carbocycles. The zero-order valence-electron chi connectivity index (χ0n) is 10.3. The Morgan fingerprint density at radius 3 is 3.00 bits per heavy atom. The van der Waals surface area contributed by atoms with Crippen molar-refractivity contribution < 1.29 is 9.90 Å². The molecule has 0 spiro atoms. The number of carboxylic acid groups (broad SMARTS) is 1. The zero-order chi connectivity index (χ0) is 13.8. The van der Waals surface area contributed by atoms with Crippen LogP contribution in [0.15, 0.2) is 24.5 Å². The molecule has 7 heteroatoms. The van der Waals surface area contributed by atoms with Gasteiger partial charge in [0.25, 0.3) is 0 Å². The summed E-state index contributed by atoms with van der Waals surface area (Å²) in [6, 6.07) is 4.60. The molecule has 0 saturated heterocycles. The number of nitrogens with zero attached hydrogens (tertiary/aromatic N) is 3. The number of aromatic carboxylic acids is 1. The number of hydrogen-bond acceptors (Lipinski definition) is 4. The largest absolute Gasteiger partial charge is 0.478 e. The van der Waals surface area contributed by atoms with Crippen LogP contribution in [0.4, 0.5) is 5.69 Å². The van der Waals surface area contributed by atoms with E-state index in [1.807, 2.05) is 11.5 Å². The van der Waals surface area contributed by atoms with Crippen LogP contribution in [0.5, 0.6) is 0 Å². The molecular weight excluding hydrogens is 268 g/mol. The van der Waals surface area contributed by atoms with Gasteiger partial charge in [0.05, 0.1) is 17.8 Å².